The standard InChI is InChI=1S/C17H18O2/c1-12-4-3-5-16(13(12)2)15-9-6-14(7-10-15)8-11-17(18)19/h3-7,9-10H,8,11H2,1-2H3,(H,18,19). The maximum atomic E-state index is 10.5. The number of hydrogen-bond acceptors (Lipinski definition) is 1. The smallest absolute Gasteiger partial charge is 0.303 e. The van der Waals surface area contributed by atoms with Crippen molar-refractivity contribution in [1.82, 2.24) is 0 Å². The zero-order valence-electron chi connectivity index (χ0n) is 11.3. The molecule has 0 atom stereocenters. The van der Waals surface area contributed by atoms with Gasteiger partial charge in [-0.3, -0.25) is 4.79 Å². The van der Waals surface area contributed by atoms with E-state index in [9.17, 15) is 4.79 Å². The molecule has 0 amide bonds. The van der Waals surface area contributed by atoms with E-state index in [2.05, 4.69) is 44.2 Å². The van der Waals surface area contributed by atoms with Gasteiger partial charge in [0.05, 0.1) is 0 Å². The second-order valence-electron chi connectivity index (χ2n) is 4.84. The Kier molecular flexibility index (Phi) is 4.00. The largest absolute Gasteiger partial charge is 0.481 e. The van der Waals surface area contributed by atoms with Crippen LogP contribution in [-0.2, 0) is 11.2 Å². The zero-order chi connectivity index (χ0) is 13.8. The predicted octanol–water partition coefficient (Wildman–Crippen LogP) is 3.99. The normalized spacial score (nSPS) is 10.4. The quantitative estimate of drug-likeness (QED) is 0.895. The molecule has 0 radical (unpaired) electrons. The average Bonchev–Trinajstić information content (AvgIpc) is 2.40. The lowest BCUT2D eigenvalue weighted by Crippen LogP contribution is -1.97. The summed E-state index contributed by atoms with van der Waals surface area (Å²) in [7, 11) is 0. The second-order valence-corrected chi connectivity index (χ2v) is 4.84. The van der Waals surface area contributed by atoms with Gasteiger partial charge in [0.2, 0.25) is 0 Å². The van der Waals surface area contributed by atoms with Gasteiger partial charge in [-0.1, -0.05) is 42.5 Å². The average molecular weight is 254 g/mol. The molecule has 2 nitrogen and oxygen atoms in total. The van der Waals surface area contributed by atoms with Gasteiger partial charge in [0.15, 0.2) is 0 Å². The molecule has 0 unspecified atom stereocenters. The first-order valence-corrected chi connectivity index (χ1v) is 6.45. The summed E-state index contributed by atoms with van der Waals surface area (Å²) < 4.78 is 0. The van der Waals surface area contributed by atoms with Crippen LogP contribution in [0.2, 0.25) is 0 Å². The number of aliphatic carboxylic acids is 1. The lowest BCUT2D eigenvalue weighted by Gasteiger charge is -2.09. The number of aryl methyl sites for hydroxylation is 2. The molecule has 0 aromatic heterocycles. The lowest BCUT2D eigenvalue weighted by molar-refractivity contribution is -0.136. The summed E-state index contributed by atoms with van der Waals surface area (Å²) in [6, 6.07) is 14.5. The molecule has 0 aliphatic heterocycles. The Morgan fingerprint density at radius 2 is 1.74 bits per heavy atom. The minimum Gasteiger partial charge on any atom is -0.481 e. The maximum absolute atomic E-state index is 10.5. The van der Waals surface area contributed by atoms with Gasteiger partial charge in [-0.05, 0) is 48.1 Å². The molecule has 0 fully saturated rings. The molecule has 2 aromatic rings. The minimum atomic E-state index is -0.751. The fourth-order valence-electron chi connectivity index (χ4n) is 2.17. The van der Waals surface area contributed by atoms with Gasteiger partial charge >= 0.3 is 5.97 Å². The maximum Gasteiger partial charge on any atom is 0.303 e. The van der Waals surface area contributed by atoms with E-state index in [1.165, 1.54) is 22.3 Å². The second kappa shape index (κ2) is 5.70. The van der Waals surface area contributed by atoms with Crippen LogP contribution in [0.15, 0.2) is 42.5 Å². The van der Waals surface area contributed by atoms with Crippen molar-refractivity contribution in [3.8, 4) is 11.1 Å². The van der Waals surface area contributed by atoms with Crippen LogP contribution in [0.5, 0.6) is 0 Å². The van der Waals surface area contributed by atoms with E-state index >= 15 is 0 Å². The van der Waals surface area contributed by atoms with Crippen molar-refractivity contribution in [3.63, 3.8) is 0 Å². The van der Waals surface area contributed by atoms with Crippen LogP contribution in [0, 0.1) is 13.8 Å². The Hall–Kier alpha value is -2.09. The van der Waals surface area contributed by atoms with E-state index in [-0.39, 0.29) is 6.42 Å². The molecule has 0 aliphatic carbocycles. The van der Waals surface area contributed by atoms with Crippen LogP contribution in [0.25, 0.3) is 11.1 Å². The summed E-state index contributed by atoms with van der Waals surface area (Å²) in [5.74, 6) is -0.751. The first-order chi connectivity index (χ1) is 9.08. The van der Waals surface area contributed by atoms with Crippen LogP contribution in [0.1, 0.15) is 23.1 Å². The first-order valence-electron chi connectivity index (χ1n) is 6.45. The molecule has 0 spiro atoms. The van der Waals surface area contributed by atoms with Gasteiger partial charge in [0.1, 0.15) is 0 Å². The highest BCUT2D eigenvalue weighted by Crippen LogP contribution is 2.25. The number of carboxylic acids is 1. The van der Waals surface area contributed by atoms with Gasteiger partial charge < -0.3 is 5.11 Å². The Morgan fingerprint density at radius 1 is 1.05 bits per heavy atom. The molecular weight excluding hydrogens is 236 g/mol. The third kappa shape index (κ3) is 3.22. The third-order valence-corrected chi connectivity index (χ3v) is 3.50. The van der Waals surface area contributed by atoms with Crippen molar-refractivity contribution in [2.24, 2.45) is 0 Å². The first kappa shape index (κ1) is 13.3. The molecule has 2 aromatic carbocycles. The van der Waals surface area contributed by atoms with E-state index in [1.54, 1.807) is 0 Å². The molecule has 0 aliphatic rings. The van der Waals surface area contributed by atoms with Crippen LogP contribution < -0.4 is 0 Å². The van der Waals surface area contributed by atoms with Crippen molar-refractivity contribution in [2.45, 2.75) is 26.7 Å². The monoisotopic (exact) mass is 254 g/mol. The van der Waals surface area contributed by atoms with E-state index < -0.39 is 5.97 Å². The van der Waals surface area contributed by atoms with Crippen LogP contribution in [-0.4, -0.2) is 11.1 Å². The van der Waals surface area contributed by atoms with Gasteiger partial charge in [0, 0.05) is 6.42 Å². The Morgan fingerprint density at radius 3 is 2.37 bits per heavy atom. The fraction of sp³-hybridized carbons (Fsp3) is 0.235. The summed E-state index contributed by atoms with van der Waals surface area (Å²) in [5, 5.41) is 8.67. The summed E-state index contributed by atoms with van der Waals surface area (Å²) in [6.45, 7) is 4.24. The number of rotatable bonds is 4. The van der Waals surface area contributed by atoms with Gasteiger partial charge in [0.25, 0.3) is 0 Å². The van der Waals surface area contributed by atoms with Gasteiger partial charge in [-0.15, -0.1) is 0 Å². The van der Waals surface area contributed by atoms with E-state index in [0.29, 0.717) is 6.42 Å². The number of benzene rings is 2. The lowest BCUT2D eigenvalue weighted by atomic mass is 9.96. The van der Waals surface area contributed by atoms with E-state index in [0.717, 1.165) is 5.56 Å². The molecule has 19 heavy (non-hydrogen) atoms. The summed E-state index contributed by atoms with van der Waals surface area (Å²) in [5.41, 5.74) is 6.06. The summed E-state index contributed by atoms with van der Waals surface area (Å²) in [6.07, 6.45) is 0.769. The molecular formula is C17H18O2. The summed E-state index contributed by atoms with van der Waals surface area (Å²) in [4.78, 5) is 10.5. The molecule has 98 valence electrons. The van der Waals surface area contributed by atoms with Gasteiger partial charge in [-0.25, -0.2) is 0 Å². The molecule has 2 heteroatoms. The third-order valence-electron chi connectivity index (χ3n) is 3.50. The summed E-state index contributed by atoms with van der Waals surface area (Å²) >= 11 is 0. The highest BCUT2D eigenvalue weighted by molar-refractivity contribution is 5.69. The van der Waals surface area contributed by atoms with Crippen LogP contribution in [0.3, 0.4) is 0 Å². The molecule has 0 saturated carbocycles. The molecule has 0 bridgehead atoms. The fourth-order valence-corrected chi connectivity index (χ4v) is 2.17. The molecule has 0 saturated heterocycles. The van der Waals surface area contributed by atoms with Crippen LogP contribution >= 0.6 is 0 Å². The van der Waals surface area contributed by atoms with Crippen molar-refractivity contribution in [3.05, 3.63) is 59.2 Å². The van der Waals surface area contributed by atoms with Crippen molar-refractivity contribution >= 4 is 5.97 Å². The van der Waals surface area contributed by atoms with Gasteiger partial charge in [-0.2, -0.15) is 0 Å². The minimum absolute atomic E-state index is 0.183. The zero-order valence-corrected chi connectivity index (χ0v) is 11.3. The Balaban J connectivity index is 2.22. The van der Waals surface area contributed by atoms with Crippen molar-refractivity contribution in [2.75, 3.05) is 0 Å². The predicted molar refractivity (Wildman–Crippen MR) is 77.3 cm³/mol. The highest BCUT2D eigenvalue weighted by atomic mass is 16.4. The number of hydrogen-bond donors (Lipinski definition) is 1. The van der Waals surface area contributed by atoms with Crippen LogP contribution in [0.4, 0.5) is 0 Å². The molecule has 2 rings (SSSR count). The van der Waals surface area contributed by atoms with Crippen molar-refractivity contribution < 1.29 is 9.90 Å². The highest BCUT2D eigenvalue weighted by Gasteiger charge is 2.04. The number of carboxylic acid groups (broad SMARTS) is 1. The molecule has 0 heterocycles. The topological polar surface area (TPSA) is 37.3 Å². The Bertz CT molecular complexity index is 583. The Labute approximate surface area is 113 Å². The number of carbonyl (C=O) groups is 1. The molecule has 1 N–H and O–H groups in total. The van der Waals surface area contributed by atoms with E-state index in [1.807, 2.05) is 12.1 Å². The SMILES string of the molecule is Cc1cccc(-c2ccc(CCC(=O)O)cc2)c1C. The van der Waals surface area contributed by atoms with Crippen molar-refractivity contribution in [1.29, 1.82) is 0 Å². The van der Waals surface area contributed by atoms with E-state index in [4.69, 9.17) is 5.11 Å².